The first-order chi connectivity index (χ1) is 15.9. The molecule has 0 bridgehead atoms. The second-order valence-electron chi connectivity index (χ2n) is 7.11. The lowest BCUT2D eigenvalue weighted by atomic mass is 9.95. The summed E-state index contributed by atoms with van der Waals surface area (Å²) in [7, 11) is 2.79. The third-order valence-corrected chi connectivity index (χ3v) is 5.60. The molecule has 1 saturated heterocycles. The number of ether oxygens (including phenoxy) is 2. The summed E-state index contributed by atoms with van der Waals surface area (Å²) < 4.78 is 24.1. The molecule has 33 heavy (non-hydrogen) atoms. The third-order valence-electron chi connectivity index (χ3n) is 5.30. The van der Waals surface area contributed by atoms with Gasteiger partial charge >= 0.3 is 0 Å². The van der Waals surface area contributed by atoms with Crippen molar-refractivity contribution < 1.29 is 28.6 Å². The Balaban J connectivity index is 1.98. The molecule has 1 aromatic heterocycles. The molecule has 0 saturated carbocycles. The number of aromatic nitrogens is 1. The number of benzene rings is 2. The number of nitrogens with zero attached hydrogens (tertiary/aromatic N) is 2. The van der Waals surface area contributed by atoms with Crippen LogP contribution in [0.1, 0.15) is 17.2 Å². The first kappa shape index (κ1) is 22.3. The number of halogens is 2. The fourth-order valence-electron chi connectivity index (χ4n) is 3.75. The van der Waals surface area contributed by atoms with Crippen molar-refractivity contribution >= 4 is 34.7 Å². The first-order valence-corrected chi connectivity index (χ1v) is 10.1. The summed E-state index contributed by atoms with van der Waals surface area (Å²) in [6.07, 6.45) is 3.01. The maximum Gasteiger partial charge on any atom is 0.300 e. The fraction of sp³-hybridized carbons (Fsp3) is 0.125. The lowest BCUT2D eigenvalue weighted by Crippen LogP contribution is -2.29. The number of hydrogen-bond acceptors (Lipinski definition) is 6. The molecule has 2 heterocycles. The Labute approximate surface area is 193 Å². The van der Waals surface area contributed by atoms with Gasteiger partial charge in [-0.2, -0.15) is 0 Å². The number of aliphatic hydroxyl groups excluding tert-OH is 1. The molecule has 3 aromatic rings. The van der Waals surface area contributed by atoms with Crippen molar-refractivity contribution in [1.82, 2.24) is 4.98 Å². The molecule has 7 nitrogen and oxygen atoms in total. The highest BCUT2D eigenvalue weighted by molar-refractivity contribution is 6.51. The van der Waals surface area contributed by atoms with E-state index in [0.29, 0.717) is 11.3 Å². The number of aliphatic hydroxyl groups is 1. The Morgan fingerprint density at radius 3 is 2.27 bits per heavy atom. The second kappa shape index (κ2) is 8.91. The maximum absolute atomic E-state index is 13.5. The molecule has 1 fully saturated rings. The molecule has 0 aliphatic carbocycles. The largest absolute Gasteiger partial charge is 0.507 e. The molecule has 1 atom stereocenters. The van der Waals surface area contributed by atoms with Gasteiger partial charge in [0.05, 0.1) is 36.4 Å². The molecule has 1 aliphatic heterocycles. The Hall–Kier alpha value is -3.91. The summed E-state index contributed by atoms with van der Waals surface area (Å²) in [5.41, 5.74) is 0.767. The Bertz CT molecular complexity index is 1260. The number of ketones is 1. The summed E-state index contributed by atoms with van der Waals surface area (Å²) in [4.78, 5) is 31.5. The van der Waals surface area contributed by atoms with Gasteiger partial charge in [0.25, 0.3) is 11.7 Å². The smallest absolute Gasteiger partial charge is 0.300 e. The minimum Gasteiger partial charge on any atom is -0.507 e. The van der Waals surface area contributed by atoms with E-state index in [2.05, 4.69) is 4.98 Å². The monoisotopic (exact) mass is 468 g/mol. The van der Waals surface area contributed by atoms with Crippen molar-refractivity contribution in [3.05, 3.63) is 88.5 Å². The molecular weight excluding hydrogens is 451 g/mol. The van der Waals surface area contributed by atoms with Gasteiger partial charge in [-0.25, -0.2) is 4.39 Å². The van der Waals surface area contributed by atoms with Gasteiger partial charge in [0, 0.05) is 24.1 Å². The van der Waals surface area contributed by atoms with E-state index in [0.717, 1.165) is 0 Å². The van der Waals surface area contributed by atoms with Crippen LogP contribution in [0.5, 0.6) is 11.5 Å². The normalized spacial score (nSPS) is 17.3. The third kappa shape index (κ3) is 3.89. The van der Waals surface area contributed by atoms with Crippen LogP contribution >= 0.6 is 11.6 Å². The van der Waals surface area contributed by atoms with Gasteiger partial charge in [-0.3, -0.25) is 19.5 Å². The maximum atomic E-state index is 13.5. The molecule has 1 N–H and O–H groups in total. The number of Topliss-reactive ketones (excluding diaryl/α,β-unsaturated/α-hetero) is 1. The molecule has 1 amide bonds. The standard InChI is InChI=1S/C24H18ClFN2O5/c1-32-18-12-17(25)19(33-2)11-16(18)22(29)20-21(13-7-9-27-10-8-13)28(24(31)23(20)30)15-5-3-14(26)4-6-15/h3-12,21,29H,1-2H3/b22-20+. The number of carbonyl (C=O) groups is 2. The molecule has 0 radical (unpaired) electrons. The van der Waals surface area contributed by atoms with Gasteiger partial charge in [0.2, 0.25) is 0 Å². The van der Waals surface area contributed by atoms with Crippen LogP contribution in [-0.2, 0) is 9.59 Å². The highest BCUT2D eigenvalue weighted by Gasteiger charge is 2.47. The number of amides is 1. The van der Waals surface area contributed by atoms with E-state index in [9.17, 15) is 19.1 Å². The Morgan fingerprint density at radius 1 is 1.03 bits per heavy atom. The zero-order valence-corrected chi connectivity index (χ0v) is 18.3. The van der Waals surface area contributed by atoms with Gasteiger partial charge in [-0.05, 0) is 48.0 Å². The van der Waals surface area contributed by atoms with Crippen molar-refractivity contribution in [3.8, 4) is 11.5 Å². The van der Waals surface area contributed by atoms with E-state index in [1.54, 1.807) is 12.1 Å². The molecule has 1 aliphatic rings. The Morgan fingerprint density at radius 2 is 1.67 bits per heavy atom. The predicted molar refractivity (Wildman–Crippen MR) is 120 cm³/mol. The summed E-state index contributed by atoms with van der Waals surface area (Å²) >= 11 is 6.17. The van der Waals surface area contributed by atoms with E-state index in [4.69, 9.17) is 21.1 Å². The topological polar surface area (TPSA) is 89.0 Å². The minimum atomic E-state index is -0.996. The molecular formula is C24H18ClFN2O5. The van der Waals surface area contributed by atoms with Crippen LogP contribution in [0, 0.1) is 5.82 Å². The van der Waals surface area contributed by atoms with Crippen LogP contribution in [0.15, 0.2) is 66.5 Å². The van der Waals surface area contributed by atoms with Gasteiger partial charge in [-0.15, -0.1) is 0 Å². The average Bonchev–Trinajstić information content (AvgIpc) is 3.10. The van der Waals surface area contributed by atoms with E-state index < -0.39 is 29.3 Å². The molecule has 9 heteroatoms. The van der Waals surface area contributed by atoms with E-state index in [1.807, 2.05) is 0 Å². The number of anilines is 1. The predicted octanol–water partition coefficient (Wildman–Crippen LogP) is 4.52. The van der Waals surface area contributed by atoms with Crippen LogP contribution < -0.4 is 14.4 Å². The quantitative estimate of drug-likeness (QED) is 0.336. The molecule has 1 unspecified atom stereocenters. The van der Waals surface area contributed by atoms with E-state index in [1.165, 1.54) is 67.9 Å². The summed E-state index contributed by atoms with van der Waals surface area (Å²) in [5, 5.41) is 11.5. The molecule has 4 rings (SSSR count). The van der Waals surface area contributed by atoms with Crippen molar-refractivity contribution in [2.24, 2.45) is 0 Å². The lowest BCUT2D eigenvalue weighted by molar-refractivity contribution is -0.132. The van der Waals surface area contributed by atoms with Gasteiger partial charge in [-0.1, -0.05) is 11.6 Å². The van der Waals surface area contributed by atoms with E-state index in [-0.39, 0.29) is 27.7 Å². The van der Waals surface area contributed by atoms with Crippen LogP contribution in [0.2, 0.25) is 5.02 Å². The molecule has 2 aromatic carbocycles. The van der Waals surface area contributed by atoms with Gasteiger partial charge in [0.1, 0.15) is 23.1 Å². The van der Waals surface area contributed by atoms with Crippen LogP contribution in [0.4, 0.5) is 10.1 Å². The SMILES string of the molecule is COc1cc(/C(O)=C2\C(=O)C(=O)N(c3ccc(F)cc3)C2c2ccncc2)c(OC)cc1Cl. The zero-order chi connectivity index (χ0) is 23.7. The Kier molecular flexibility index (Phi) is 6.02. The van der Waals surface area contributed by atoms with E-state index >= 15 is 0 Å². The van der Waals surface area contributed by atoms with Gasteiger partial charge < -0.3 is 14.6 Å². The number of hydrogen-bond donors (Lipinski definition) is 1. The first-order valence-electron chi connectivity index (χ1n) is 9.75. The average molecular weight is 469 g/mol. The summed E-state index contributed by atoms with van der Waals surface area (Å²) in [5.74, 6) is -2.31. The number of carbonyl (C=O) groups excluding carboxylic acids is 2. The zero-order valence-electron chi connectivity index (χ0n) is 17.6. The highest BCUT2D eigenvalue weighted by Crippen LogP contribution is 2.44. The minimum absolute atomic E-state index is 0.120. The lowest BCUT2D eigenvalue weighted by Gasteiger charge is -2.25. The molecule has 168 valence electrons. The van der Waals surface area contributed by atoms with Crippen molar-refractivity contribution in [1.29, 1.82) is 0 Å². The van der Waals surface area contributed by atoms with Crippen LogP contribution in [0.25, 0.3) is 5.76 Å². The van der Waals surface area contributed by atoms with Crippen LogP contribution in [-0.4, -0.2) is 36.0 Å². The number of rotatable bonds is 5. The van der Waals surface area contributed by atoms with Crippen molar-refractivity contribution in [3.63, 3.8) is 0 Å². The summed E-state index contributed by atoms with van der Waals surface area (Å²) in [6, 6.07) is 10.3. The second-order valence-corrected chi connectivity index (χ2v) is 7.52. The van der Waals surface area contributed by atoms with Gasteiger partial charge in [0.15, 0.2) is 0 Å². The molecule has 0 spiro atoms. The number of pyridine rings is 1. The fourth-order valence-corrected chi connectivity index (χ4v) is 3.98. The van der Waals surface area contributed by atoms with Crippen molar-refractivity contribution in [2.75, 3.05) is 19.1 Å². The highest BCUT2D eigenvalue weighted by atomic mass is 35.5. The van der Waals surface area contributed by atoms with Crippen LogP contribution in [0.3, 0.4) is 0 Å². The summed E-state index contributed by atoms with van der Waals surface area (Å²) in [6.45, 7) is 0. The number of methoxy groups -OCH3 is 2. The van der Waals surface area contributed by atoms with Crippen molar-refractivity contribution in [2.45, 2.75) is 6.04 Å².